The average molecular weight is 147 g/mol. The van der Waals surface area contributed by atoms with Crippen LogP contribution >= 0.6 is 0 Å². The molecular formula is C6H13NO3. The zero-order valence-corrected chi connectivity index (χ0v) is 5.77. The molecule has 1 rings (SSSR count). The van der Waals surface area contributed by atoms with E-state index >= 15 is 0 Å². The van der Waals surface area contributed by atoms with Crippen molar-refractivity contribution in [2.24, 2.45) is 5.92 Å². The van der Waals surface area contributed by atoms with Crippen molar-refractivity contribution in [3.8, 4) is 0 Å². The number of rotatable bonds is 2. The first-order valence-electron chi connectivity index (χ1n) is 3.52. The standard InChI is InChI=1S/C6H13NO3/c8-4-5-1-2-6(3-5)7(9)10/h5-6,8-10H,1-4H2. The van der Waals surface area contributed by atoms with E-state index in [1.807, 2.05) is 0 Å². The maximum atomic E-state index is 8.68. The van der Waals surface area contributed by atoms with Gasteiger partial charge in [0.05, 0.1) is 6.04 Å². The number of aliphatic hydroxyl groups excluding tert-OH is 1. The molecule has 4 heteroatoms. The molecule has 0 aromatic rings. The maximum Gasteiger partial charge on any atom is 0.0627 e. The molecule has 2 atom stereocenters. The molecule has 0 aromatic heterocycles. The van der Waals surface area contributed by atoms with Crippen molar-refractivity contribution in [3.63, 3.8) is 0 Å². The summed E-state index contributed by atoms with van der Waals surface area (Å²) < 4.78 is 0. The fraction of sp³-hybridized carbons (Fsp3) is 1.00. The minimum atomic E-state index is -0.169. The van der Waals surface area contributed by atoms with Gasteiger partial charge in [-0.05, 0) is 25.2 Å². The van der Waals surface area contributed by atoms with Gasteiger partial charge in [0, 0.05) is 6.61 Å². The molecule has 10 heavy (non-hydrogen) atoms. The normalized spacial score (nSPS) is 33.6. The van der Waals surface area contributed by atoms with Crippen molar-refractivity contribution in [1.82, 2.24) is 5.23 Å². The van der Waals surface area contributed by atoms with Crippen molar-refractivity contribution in [2.45, 2.75) is 25.3 Å². The van der Waals surface area contributed by atoms with Gasteiger partial charge in [0.1, 0.15) is 0 Å². The zero-order valence-electron chi connectivity index (χ0n) is 5.77. The number of nitrogens with zero attached hydrogens (tertiary/aromatic N) is 1. The lowest BCUT2D eigenvalue weighted by molar-refractivity contribution is -0.330. The third-order valence-electron chi connectivity index (χ3n) is 2.10. The molecule has 3 N–H and O–H groups in total. The lowest BCUT2D eigenvalue weighted by Gasteiger charge is -2.13. The zero-order chi connectivity index (χ0) is 7.56. The Kier molecular flexibility index (Phi) is 2.62. The number of hydroxylamine groups is 2. The van der Waals surface area contributed by atoms with E-state index in [0.29, 0.717) is 6.42 Å². The van der Waals surface area contributed by atoms with Crippen molar-refractivity contribution < 1.29 is 15.5 Å². The molecule has 1 aliphatic carbocycles. The molecule has 0 saturated heterocycles. The minimum absolute atomic E-state index is 0.157. The van der Waals surface area contributed by atoms with Gasteiger partial charge in [-0.1, -0.05) is 5.23 Å². The lowest BCUT2D eigenvalue weighted by Crippen LogP contribution is -2.26. The average Bonchev–Trinajstić information content (AvgIpc) is 2.34. The van der Waals surface area contributed by atoms with E-state index in [1.54, 1.807) is 0 Å². The van der Waals surface area contributed by atoms with Gasteiger partial charge >= 0.3 is 0 Å². The van der Waals surface area contributed by atoms with Crippen LogP contribution in [0.3, 0.4) is 0 Å². The first kappa shape index (κ1) is 7.94. The van der Waals surface area contributed by atoms with Gasteiger partial charge in [0.2, 0.25) is 0 Å². The van der Waals surface area contributed by atoms with Crippen LogP contribution in [0.2, 0.25) is 0 Å². The van der Waals surface area contributed by atoms with Gasteiger partial charge in [-0.25, -0.2) is 0 Å². The number of aliphatic hydroxyl groups is 1. The van der Waals surface area contributed by atoms with Crippen LogP contribution in [0.5, 0.6) is 0 Å². The van der Waals surface area contributed by atoms with Crippen molar-refractivity contribution in [3.05, 3.63) is 0 Å². The van der Waals surface area contributed by atoms with Crippen LogP contribution in [0.15, 0.2) is 0 Å². The van der Waals surface area contributed by atoms with Gasteiger partial charge in [-0.2, -0.15) is 0 Å². The third kappa shape index (κ3) is 1.67. The van der Waals surface area contributed by atoms with E-state index in [0.717, 1.165) is 12.8 Å². The molecule has 0 amide bonds. The first-order valence-corrected chi connectivity index (χ1v) is 3.52. The Morgan fingerprint density at radius 1 is 1.30 bits per heavy atom. The monoisotopic (exact) mass is 147 g/mol. The van der Waals surface area contributed by atoms with E-state index < -0.39 is 0 Å². The van der Waals surface area contributed by atoms with Gasteiger partial charge in [-0.15, -0.1) is 0 Å². The molecule has 0 aliphatic heterocycles. The van der Waals surface area contributed by atoms with Gasteiger partial charge in [0.15, 0.2) is 0 Å². The predicted molar refractivity (Wildman–Crippen MR) is 33.6 cm³/mol. The Morgan fingerprint density at radius 2 is 2.00 bits per heavy atom. The SMILES string of the molecule is OCC1CCC(N(O)O)C1. The fourth-order valence-corrected chi connectivity index (χ4v) is 1.42. The van der Waals surface area contributed by atoms with Crippen LogP contribution in [0.4, 0.5) is 0 Å². The fourth-order valence-electron chi connectivity index (χ4n) is 1.42. The van der Waals surface area contributed by atoms with Crippen molar-refractivity contribution in [1.29, 1.82) is 0 Å². The third-order valence-corrected chi connectivity index (χ3v) is 2.10. The molecule has 0 spiro atoms. The Bertz CT molecular complexity index is 107. The molecule has 2 unspecified atom stereocenters. The van der Waals surface area contributed by atoms with E-state index in [1.165, 1.54) is 0 Å². The van der Waals surface area contributed by atoms with Crippen LogP contribution in [0, 0.1) is 5.92 Å². The van der Waals surface area contributed by atoms with E-state index in [9.17, 15) is 0 Å². The first-order chi connectivity index (χ1) is 4.74. The number of hydrogen-bond donors (Lipinski definition) is 3. The summed E-state index contributed by atoms with van der Waals surface area (Å²) in [6.07, 6.45) is 2.33. The summed E-state index contributed by atoms with van der Waals surface area (Å²) in [5, 5.41) is 26.1. The minimum Gasteiger partial charge on any atom is -0.396 e. The summed E-state index contributed by atoms with van der Waals surface area (Å²) in [6, 6.07) is -0.169. The van der Waals surface area contributed by atoms with Crippen molar-refractivity contribution >= 4 is 0 Å². The molecule has 4 nitrogen and oxygen atoms in total. The molecular weight excluding hydrogens is 134 g/mol. The molecule has 0 bridgehead atoms. The van der Waals surface area contributed by atoms with Crippen LogP contribution in [-0.4, -0.2) is 33.4 Å². The quantitative estimate of drug-likeness (QED) is 0.489. The summed E-state index contributed by atoms with van der Waals surface area (Å²) >= 11 is 0. The van der Waals surface area contributed by atoms with Gasteiger partial charge < -0.3 is 5.11 Å². The Hall–Kier alpha value is -0.160. The maximum absolute atomic E-state index is 8.68. The smallest absolute Gasteiger partial charge is 0.0627 e. The second kappa shape index (κ2) is 3.30. The van der Waals surface area contributed by atoms with E-state index in [-0.39, 0.29) is 23.8 Å². The highest BCUT2D eigenvalue weighted by Gasteiger charge is 2.27. The molecule has 0 heterocycles. The predicted octanol–water partition coefficient (Wildman–Crippen LogP) is 0.228. The van der Waals surface area contributed by atoms with E-state index in [4.69, 9.17) is 15.5 Å². The van der Waals surface area contributed by atoms with Gasteiger partial charge in [0.25, 0.3) is 0 Å². The Morgan fingerprint density at radius 3 is 2.30 bits per heavy atom. The summed E-state index contributed by atoms with van der Waals surface area (Å²) in [5.41, 5.74) is 0. The summed E-state index contributed by atoms with van der Waals surface area (Å²) in [4.78, 5) is 0. The highest BCUT2D eigenvalue weighted by atomic mass is 16.8. The summed E-state index contributed by atoms with van der Waals surface area (Å²) in [5.74, 6) is 0.256. The van der Waals surface area contributed by atoms with Crippen LogP contribution in [-0.2, 0) is 0 Å². The number of hydrogen-bond acceptors (Lipinski definition) is 4. The summed E-state index contributed by atoms with van der Waals surface area (Å²) in [7, 11) is 0. The second-order valence-electron chi connectivity index (χ2n) is 2.84. The van der Waals surface area contributed by atoms with E-state index in [2.05, 4.69) is 0 Å². The molecule has 0 radical (unpaired) electrons. The molecule has 1 fully saturated rings. The Balaban J connectivity index is 2.28. The highest BCUT2D eigenvalue weighted by molar-refractivity contribution is 4.76. The summed E-state index contributed by atoms with van der Waals surface area (Å²) in [6.45, 7) is 0.157. The second-order valence-corrected chi connectivity index (χ2v) is 2.84. The lowest BCUT2D eigenvalue weighted by atomic mass is 10.1. The molecule has 1 saturated carbocycles. The van der Waals surface area contributed by atoms with Crippen LogP contribution in [0.1, 0.15) is 19.3 Å². The van der Waals surface area contributed by atoms with Gasteiger partial charge in [-0.3, -0.25) is 10.4 Å². The highest BCUT2D eigenvalue weighted by Crippen LogP contribution is 2.27. The van der Waals surface area contributed by atoms with Crippen LogP contribution in [0.25, 0.3) is 0 Å². The topological polar surface area (TPSA) is 63.9 Å². The van der Waals surface area contributed by atoms with Crippen molar-refractivity contribution in [2.75, 3.05) is 6.61 Å². The molecule has 60 valence electrons. The molecule has 0 aromatic carbocycles. The van der Waals surface area contributed by atoms with Crippen LogP contribution < -0.4 is 0 Å². The Labute approximate surface area is 59.6 Å². The largest absolute Gasteiger partial charge is 0.396 e. The molecule has 1 aliphatic rings.